The molecule has 0 amide bonds. The molecule has 0 heterocycles. The number of alkyl halides is 1. The van der Waals surface area contributed by atoms with E-state index in [0.717, 1.165) is 6.42 Å². The highest BCUT2D eigenvalue weighted by atomic mass is 127. The molecule has 0 fully saturated rings. The first-order valence-corrected chi connectivity index (χ1v) is 7.68. The molecule has 0 N–H and O–H groups in total. The lowest BCUT2D eigenvalue weighted by molar-refractivity contribution is 1.11. The third-order valence-electron chi connectivity index (χ3n) is 2.84. The molecule has 2 aromatic rings. The van der Waals surface area contributed by atoms with E-state index in [1.807, 2.05) is 0 Å². The molecule has 0 aliphatic rings. The number of hydrogen-bond acceptors (Lipinski definition) is 0. The highest BCUT2D eigenvalue weighted by molar-refractivity contribution is 14.1. The summed E-state index contributed by atoms with van der Waals surface area (Å²) in [6.07, 6.45) is 1.09. The van der Waals surface area contributed by atoms with E-state index >= 15 is 0 Å². The molecular formula is C15H14BrI. The zero-order valence-corrected chi connectivity index (χ0v) is 13.4. The van der Waals surface area contributed by atoms with Crippen LogP contribution in [-0.4, -0.2) is 0 Å². The molecule has 0 saturated carbocycles. The fourth-order valence-electron chi connectivity index (χ4n) is 1.75. The van der Waals surface area contributed by atoms with Crippen molar-refractivity contribution in [1.29, 1.82) is 0 Å². The van der Waals surface area contributed by atoms with E-state index in [1.165, 1.54) is 20.3 Å². The summed E-state index contributed by atoms with van der Waals surface area (Å²) in [5.74, 6) is 0. The molecule has 1 unspecified atom stereocenters. The molecule has 0 nitrogen and oxygen atoms in total. The van der Waals surface area contributed by atoms with Crippen LogP contribution in [0.4, 0.5) is 0 Å². The first-order chi connectivity index (χ1) is 8.20. The summed E-state index contributed by atoms with van der Waals surface area (Å²) in [4.78, 5) is 0.283. The van der Waals surface area contributed by atoms with Crippen molar-refractivity contribution in [3.8, 4) is 0 Å². The van der Waals surface area contributed by atoms with Crippen LogP contribution < -0.4 is 0 Å². The Morgan fingerprint density at radius 3 is 1.88 bits per heavy atom. The van der Waals surface area contributed by atoms with Gasteiger partial charge in [-0.25, -0.2) is 0 Å². The Bertz CT molecular complexity index is 473. The molecule has 0 bridgehead atoms. The monoisotopic (exact) mass is 400 g/mol. The van der Waals surface area contributed by atoms with Gasteiger partial charge in [0.05, 0.1) is 4.83 Å². The van der Waals surface area contributed by atoms with Crippen LogP contribution in [0.25, 0.3) is 0 Å². The van der Waals surface area contributed by atoms with E-state index in [9.17, 15) is 0 Å². The summed E-state index contributed by atoms with van der Waals surface area (Å²) < 4.78 is 1.27. The highest BCUT2D eigenvalue weighted by Crippen LogP contribution is 2.31. The number of aryl methyl sites for hydroxylation is 1. The Morgan fingerprint density at radius 2 is 1.41 bits per heavy atom. The second-order valence-electron chi connectivity index (χ2n) is 4.01. The average molecular weight is 401 g/mol. The normalized spacial score (nSPS) is 12.4. The van der Waals surface area contributed by atoms with Crippen LogP contribution in [0.5, 0.6) is 0 Å². The van der Waals surface area contributed by atoms with E-state index in [2.05, 4.69) is 94.0 Å². The summed E-state index contributed by atoms with van der Waals surface area (Å²) in [6.45, 7) is 2.18. The van der Waals surface area contributed by atoms with Gasteiger partial charge in [0, 0.05) is 3.57 Å². The third-order valence-corrected chi connectivity index (χ3v) is 4.62. The molecule has 1 atom stereocenters. The molecule has 0 aliphatic heterocycles. The first-order valence-electron chi connectivity index (χ1n) is 5.69. The van der Waals surface area contributed by atoms with Gasteiger partial charge in [0.2, 0.25) is 0 Å². The van der Waals surface area contributed by atoms with Gasteiger partial charge in [-0.15, -0.1) is 0 Å². The topological polar surface area (TPSA) is 0 Å². The first kappa shape index (κ1) is 13.1. The fraction of sp³-hybridized carbons (Fsp3) is 0.200. The largest absolute Gasteiger partial charge is 0.0786 e. The lowest BCUT2D eigenvalue weighted by Gasteiger charge is -2.11. The Morgan fingerprint density at radius 1 is 0.941 bits per heavy atom. The summed E-state index contributed by atoms with van der Waals surface area (Å²) in [5, 5.41) is 0. The van der Waals surface area contributed by atoms with E-state index in [4.69, 9.17) is 0 Å². The van der Waals surface area contributed by atoms with E-state index in [-0.39, 0.29) is 4.83 Å². The number of benzene rings is 2. The second kappa shape index (κ2) is 6.01. The summed E-state index contributed by atoms with van der Waals surface area (Å²) >= 11 is 6.09. The van der Waals surface area contributed by atoms with Crippen LogP contribution in [0, 0.1) is 3.57 Å². The second-order valence-corrected chi connectivity index (χ2v) is 6.17. The molecule has 0 radical (unpaired) electrons. The van der Waals surface area contributed by atoms with Crippen molar-refractivity contribution in [1.82, 2.24) is 0 Å². The maximum atomic E-state index is 3.76. The lowest BCUT2D eigenvalue weighted by Crippen LogP contribution is -1.93. The van der Waals surface area contributed by atoms with Gasteiger partial charge in [-0.3, -0.25) is 0 Å². The average Bonchev–Trinajstić information content (AvgIpc) is 2.39. The van der Waals surface area contributed by atoms with Crippen LogP contribution >= 0.6 is 38.5 Å². The van der Waals surface area contributed by atoms with E-state index in [1.54, 1.807) is 0 Å². The predicted octanol–water partition coefficient (Wildman–Crippen LogP) is 5.34. The molecule has 2 rings (SSSR count). The SMILES string of the molecule is CCc1ccc(C(Br)c2ccc(I)cc2)cc1. The zero-order chi connectivity index (χ0) is 12.3. The molecule has 88 valence electrons. The van der Waals surface area contributed by atoms with Gasteiger partial charge in [-0.1, -0.05) is 59.3 Å². The number of hydrogen-bond donors (Lipinski definition) is 0. The summed E-state index contributed by atoms with van der Waals surface area (Å²) in [5.41, 5.74) is 3.99. The molecular weight excluding hydrogens is 387 g/mol. The lowest BCUT2D eigenvalue weighted by atomic mass is 10.0. The highest BCUT2D eigenvalue weighted by Gasteiger charge is 2.09. The van der Waals surface area contributed by atoms with E-state index in [0.29, 0.717) is 0 Å². The Labute approximate surface area is 125 Å². The van der Waals surface area contributed by atoms with Crippen LogP contribution in [0.15, 0.2) is 48.5 Å². The van der Waals surface area contributed by atoms with Gasteiger partial charge in [0.1, 0.15) is 0 Å². The Hall–Kier alpha value is -0.350. The van der Waals surface area contributed by atoms with Crippen molar-refractivity contribution in [2.75, 3.05) is 0 Å². The van der Waals surface area contributed by atoms with E-state index < -0.39 is 0 Å². The van der Waals surface area contributed by atoms with Crippen LogP contribution in [0.3, 0.4) is 0 Å². The quantitative estimate of drug-likeness (QED) is 0.482. The minimum atomic E-state index is 0.283. The van der Waals surface area contributed by atoms with Crippen molar-refractivity contribution >= 4 is 38.5 Å². The van der Waals surface area contributed by atoms with Crippen LogP contribution in [0.1, 0.15) is 28.4 Å². The summed E-state index contributed by atoms with van der Waals surface area (Å²) in [7, 11) is 0. The van der Waals surface area contributed by atoms with Crippen molar-refractivity contribution in [2.45, 2.75) is 18.2 Å². The Kier molecular flexibility index (Phi) is 4.62. The molecule has 2 aromatic carbocycles. The molecule has 0 saturated heterocycles. The van der Waals surface area contributed by atoms with Gasteiger partial charge in [-0.05, 0) is 57.8 Å². The van der Waals surface area contributed by atoms with Crippen molar-refractivity contribution in [2.24, 2.45) is 0 Å². The molecule has 0 spiro atoms. The standard InChI is InChI=1S/C15H14BrI/c1-2-11-3-5-12(6-4-11)15(16)13-7-9-14(17)10-8-13/h3-10,15H,2H2,1H3. The minimum absolute atomic E-state index is 0.283. The maximum absolute atomic E-state index is 3.76. The van der Waals surface area contributed by atoms with Gasteiger partial charge in [-0.2, -0.15) is 0 Å². The van der Waals surface area contributed by atoms with Crippen molar-refractivity contribution in [3.05, 3.63) is 68.8 Å². The smallest absolute Gasteiger partial charge is 0.0644 e. The maximum Gasteiger partial charge on any atom is 0.0644 e. The number of rotatable bonds is 3. The minimum Gasteiger partial charge on any atom is -0.0786 e. The van der Waals surface area contributed by atoms with Crippen LogP contribution in [-0.2, 0) is 6.42 Å². The van der Waals surface area contributed by atoms with Crippen molar-refractivity contribution < 1.29 is 0 Å². The number of halogens is 2. The molecule has 17 heavy (non-hydrogen) atoms. The molecule has 0 aromatic heterocycles. The van der Waals surface area contributed by atoms with Crippen LogP contribution in [0.2, 0.25) is 0 Å². The van der Waals surface area contributed by atoms with Gasteiger partial charge in [0.15, 0.2) is 0 Å². The van der Waals surface area contributed by atoms with Gasteiger partial charge < -0.3 is 0 Å². The fourth-order valence-corrected chi connectivity index (χ4v) is 2.72. The van der Waals surface area contributed by atoms with Crippen molar-refractivity contribution in [3.63, 3.8) is 0 Å². The predicted molar refractivity (Wildman–Crippen MR) is 85.7 cm³/mol. The van der Waals surface area contributed by atoms with Gasteiger partial charge >= 0.3 is 0 Å². The summed E-state index contributed by atoms with van der Waals surface area (Å²) in [6, 6.07) is 17.5. The zero-order valence-electron chi connectivity index (χ0n) is 9.66. The molecule has 0 aliphatic carbocycles. The van der Waals surface area contributed by atoms with Gasteiger partial charge in [0.25, 0.3) is 0 Å². The Balaban J connectivity index is 2.23. The third kappa shape index (κ3) is 3.32. The molecule has 2 heteroatoms.